The number of benzene rings is 2. The highest BCUT2D eigenvalue weighted by molar-refractivity contribution is 5.99. The number of H-pyrrole nitrogens is 1. The molecule has 5 nitrogen and oxygen atoms in total. The number of halogens is 2. The standard InChI is InChI=1S/C23H21F2N3O2/c1-12(2)21-20(14-9-23(25,10-14)22(29)30)17-8-18-13(11-26-27-18)7-19(17)28(21)16-5-3-15(24)4-6-16/h3-8,11-12,14H,9-10H2,1-2H3,(H,26,27)(H,29,30)/t14-,23+. The third-order valence-corrected chi connectivity index (χ3v) is 6.17. The van der Waals surface area contributed by atoms with Gasteiger partial charge in [-0.1, -0.05) is 13.8 Å². The molecule has 7 heteroatoms. The first-order chi connectivity index (χ1) is 14.3. The lowest BCUT2D eigenvalue weighted by Gasteiger charge is -2.39. The Balaban J connectivity index is 1.81. The lowest BCUT2D eigenvalue weighted by molar-refractivity contribution is -0.158. The van der Waals surface area contributed by atoms with E-state index in [1.807, 2.05) is 12.1 Å². The number of aromatic amines is 1. The number of hydrogen-bond donors (Lipinski definition) is 2. The summed E-state index contributed by atoms with van der Waals surface area (Å²) in [4.78, 5) is 11.3. The van der Waals surface area contributed by atoms with Gasteiger partial charge in [-0.3, -0.25) is 5.10 Å². The number of alkyl halides is 1. The van der Waals surface area contributed by atoms with Gasteiger partial charge in [0.25, 0.3) is 0 Å². The van der Waals surface area contributed by atoms with Crippen molar-refractivity contribution in [3.63, 3.8) is 0 Å². The van der Waals surface area contributed by atoms with Crippen LogP contribution in [-0.2, 0) is 4.79 Å². The fourth-order valence-electron chi connectivity index (χ4n) is 4.73. The van der Waals surface area contributed by atoms with Crippen LogP contribution < -0.4 is 0 Å². The third-order valence-electron chi connectivity index (χ3n) is 6.17. The second kappa shape index (κ2) is 6.39. The predicted octanol–water partition coefficient (Wildman–Crippen LogP) is 5.44. The first-order valence-corrected chi connectivity index (χ1v) is 9.98. The maximum atomic E-state index is 14.6. The average molecular weight is 409 g/mol. The summed E-state index contributed by atoms with van der Waals surface area (Å²) in [6, 6.07) is 10.3. The van der Waals surface area contributed by atoms with Crippen molar-refractivity contribution in [3.05, 3.63) is 59.7 Å². The van der Waals surface area contributed by atoms with Crippen LogP contribution in [0.2, 0.25) is 0 Å². The van der Waals surface area contributed by atoms with Crippen LogP contribution in [0.1, 0.15) is 49.8 Å². The lowest BCUT2D eigenvalue weighted by Crippen LogP contribution is -2.45. The van der Waals surface area contributed by atoms with Crippen LogP contribution in [0.4, 0.5) is 8.78 Å². The summed E-state index contributed by atoms with van der Waals surface area (Å²) in [5, 5.41) is 18.2. The normalized spacial score (nSPS) is 21.4. The minimum atomic E-state index is -2.18. The number of rotatable bonds is 4. The van der Waals surface area contributed by atoms with E-state index in [2.05, 4.69) is 28.6 Å². The summed E-state index contributed by atoms with van der Waals surface area (Å²) in [5.74, 6) is -1.83. The predicted molar refractivity (Wildman–Crippen MR) is 110 cm³/mol. The first-order valence-electron chi connectivity index (χ1n) is 9.98. The highest BCUT2D eigenvalue weighted by Crippen LogP contribution is 2.52. The minimum Gasteiger partial charge on any atom is -0.479 e. The SMILES string of the molecule is CC(C)c1c([C@H]2C[C@](F)(C(=O)O)C2)c2cc3[nH]ncc3cc2n1-c1ccc(F)cc1. The molecular formula is C23H21F2N3O2. The van der Waals surface area contributed by atoms with Gasteiger partial charge in [0.1, 0.15) is 5.82 Å². The summed E-state index contributed by atoms with van der Waals surface area (Å²) >= 11 is 0. The Labute approximate surface area is 171 Å². The molecule has 0 radical (unpaired) electrons. The van der Waals surface area contributed by atoms with E-state index in [-0.39, 0.29) is 30.5 Å². The molecule has 2 heterocycles. The molecule has 1 fully saturated rings. The number of aromatic nitrogens is 3. The van der Waals surface area contributed by atoms with Crippen LogP contribution in [0, 0.1) is 5.82 Å². The van der Waals surface area contributed by atoms with E-state index in [0.29, 0.717) is 0 Å². The third kappa shape index (κ3) is 2.65. The average Bonchev–Trinajstić information content (AvgIpc) is 3.26. The van der Waals surface area contributed by atoms with Crippen LogP contribution in [0.3, 0.4) is 0 Å². The summed E-state index contributed by atoms with van der Waals surface area (Å²) < 4.78 is 30.3. The monoisotopic (exact) mass is 409 g/mol. The van der Waals surface area contributed by atoms with E-state index in [1.54, 1.807) is 18.3 Å². The second-order valence-corrected chi connectivity index (χ2v) is 8.47. The summed E-state index contributed by atoms with van der Waals surface area (Å²) in [7, 11) is 0. The van der Waals surface area contributed by atoms with Gasteiger partial charge in [-0.15, -0.1) is 0 Å². The molecule has 30 heavy (non-hydrogen) atoms. The van der Waals surface area contributed by atoms with E-state index < -0.39 is 11.6 Å². The molecule has 2 aromatic carbocycles. The van der Waals surface area contributed by atoms with E-state index >= 15 is 0 Å². The van der Waals surface area contributed by atoms with Crippen molar-refractivity contribution in [1.29, 1.82) is 0 Å². The Hall–Kier alpha value is -3.22. The number of nitrogens with one attached hydrogen (secondary N) is 1. The summed E-state index contributed by atoms with van der Waals surface area (Å²) in [6.45, 7) is 4.12. The van der Waals surface area contributed by atoms with Crippen molar-refractivity contribution in [1.82, 2.24) is 14.8 Å². The number of carboxylic acids is 1. The molecule has 0 amide bonds. The Morgan fingerprint density at radius 2 is 1.97 bits per heavy atom. The highest BCUT2D eigenvalue weighted by atomic mass is 19.1. The molecule has 5 rings (SSSR count). The van der Waals surface area contributed by atoms with Crippen LogP contribution >= 0.6 is 0 Å². The van der Waals surface area contributed by atoms with Gasteiger partial charge in [0.15, 0.2) is 0 Å². The Kier molecular flexibility index (Phi) is 4.00. The fraction of sp³-hybridized carbons (Fsp3) is 0.304. The van der Waals surface area contributed by atoms with Crippen molar-refractivity contribution in [3.8, 4) is 5.69 Å². The number of fused-ring (bicyclic) bond motifs is 2. The topological polar surface area (TPSA) is 70.9 Å². The van der Waals surface area contributed by atoms with Crippen molar-refractivity contribution >= 4 is 27.8 Å². The molecular weight excluding hydrogens is 388 g/mol. The van der Waals surface area contributed by atoms with Gasteiger partial charge in [-0.25, -0.2) is 13.6 Å². The fourth-order valence-corrected chi connectivity index (χ4v) is 4.73. The molecule has 0 aliphatic heterocycles. The number of aliphatic carboxylic acids is 1. The van der Waals surface area contributed by atoms with E-state index in [1.165, 1.54) is 12.1 Å². The number of nitrogens with zero attached hydrogens (tertiary/aromatic N) is 2. The van der Waals surface area contributed by atoms with E-state index in [0.717, 1.165) is 38.8 Å². The number of carboxylic acid groups (broad SMARTS) is 1. The number of carbonyl (C=O) groups is 1. The molecule has 0 atom stereocenters. The zero-order valence-corrected chi connectivity index (χ0v) is 16.6. The van der Waals surface area contributed by atoms with Gasteiger partial charge in [-0.2, -0.15) is 5.10 Å². The molecule has 2 aromatic heterocycles. The highest BCUT2D eigenvalue weighted by Gasteiger charge is 2.53. The smallest absolute Gasteiger partial charge is 0.341 e. The zero-order chi connectivity index (χ0) is 21.2. The van der Waals surface area contributed by atoms with Gasteiger partial charge in [0.05, 0.1) is 17.2 Å². The minimum absolute atomic E-state index is 0.0500. The molecule has 0 saturated heterocycles. The maximum absolute atomic E-state index is 14.6. The summed E-state index contributed by atoms with van der Waals surface area (Å²) in [6.07, 6.45) is 1.64. The molecule has 0 spiro atoms. The van der Waals surface area contributed by atoms with Gasteiger partial charge >= 0.3 is 5.97 Å². The lowest BCUT2D eigenvalue weighted by atomic mass is 9.68. The van der Waals surface area contributed by atoms with Crippen LogP contribution in [0.25, 0.3) is 27.5 Å². The molecule has 4 aromatic rings. The van der Waals surface area contributed by atoms with E-state index in [9.17, 15) is 18.7 Å². The summed E-state index contributed by atoms with van der Waals surface area (Å²) in [5.41, 5.74) is 2.37. The molecule has 2 N–H and O–H groups in total. The quantitative estimate of drug-likeness (QED) is 0.472. The number of hydrogen-bond acceptors (Lipinski definition) is 2. The van der Waals surface area contributed by atoms with Crippen molar-refractivity contribution in [2.75, 3.05) is 0 Å². The molecule has 0 unspecified atom stereocenters. The van der Waals surface area contributed by atoms with Gasteiger partial charge < -0.3 is 9.67 Å². The van der Waals surface area contributed by atoms with Crippen LogP contribution in [0.15, 0.2) is 42.6 Å². The molecule has 154 valence electrons. The molecule has 1 aliphatic carbocycles. The van der Waals surface area contributed by atoms with E-state index in [4.69, 9.17) is 0 Å². The van der Waals surface area contributed by atoms with Crippen LogP contribution in [-0.4, -0.2) is 31.5 Å². The molecule has 1 aliphatic rings. The van der Waals surface area contributed by atoms with Crippen molar-refractivity contribution in [2.24, 2.45) is 0 Å². The Morgan fingerprint density at radius 1 is 1.27 bits per heavy atom. The maximum Gasteiger partial charge on any atom is 0.341 e. The zero-order valence-electron chi connectivity index (χ0n) is 16.6. The van der Waals surface area contributed by atoms with Gasteiger partial charge in [0, 0.05) is 22.2 Å². The Bertz CT molecular complexity index is 1280. The largest absolute Gasteiger partial charge is 0.479 e. The van der Waals surface area contributed by atoms with Crippen molar-refractivity contribution in [2.45, 2.75) is 44.2 Å². The second-order valence-electron chi connectivity index (χ2n) is 8.47. The van der Waals surface area contributed by atoms with Gasteiger partial charge in [-0.05, 0) is 66.6 Å². The van der Waals surface area contributed by atoms with Gasteiger partial charge in [0.2, 0.25) is 5.67 Å². The Morgan fingerprint density at radius 3 is 2.60 bits per heavy atom. The first kappa shape index (κ1) is 18.8. The molecule has 0 bridgehead atoms. The molecule has 1 saturated carbocycles. The van der Waals surface area contributed by atoms with Crippen molar-refractivity contribution < 1.29 is 18.7 Å². The van der Waals surface area contributed by atoms with Crippen LogP contribution in [0.5, 0.6) is 0 Å².